The molecule has 28 nitrogen and oxygen atoms in total. The molecule has 2 aromatic heterocycles. The quantitative estimate of drug-likeness (QED) is 0.0101. The Morgan fingerprint density at radius 3 is 1.18 bits per heavy atom. The number of nitrogens with two attached hydrogens (primary N) is 6. The summed E-state index contributed by atoms with van der Waals surface area (Å²) in [5.41, 5.74) is 52.1. The van der Waals surface area contributed by atoms with Crippen molar-refractivity contribution in [2.45, 2.75) is 83.7 Å². The minimum Gasteiger partial charge on any atom is -0.469 e. The fourth-order valence-electron chi connectivity index (χ4n) is 14.7. The van der Waals surface area contributed by atoms with Crippen LogP contribution in [0, 0.1) is 30.6 Å². The number of hydrogen-bond acceptors (Lipinski definition) is 22. The van der Waals surface area contributed by atoms with Crippen LogP contribution in [0.1, 0.15) is 137 Å². The minimum atomic E-state index is -0.847. The zero-order valence-corrected chi connectivity index (χ0v) is 72.9. The van der Waals surface area contributed by atoms with E-state index in [2.05, 4.69) is 57.9 Å². The van der Waals surface area contributed by atoms with Gasteiger partial charge in [0, 0.05) is 83.4 Å². The Morgan fingerprint density at radius 1 is 0.395 bits per heavy atom. The van der Waals surface area contributed by atoms with Gasteiger partial charge in [-0.3, -0.25) is 52.9 Å². The zero-order chi connectivity index (χ0) is 93.7. The van der Waals surface area contributed by atoms with Gasteiger partial charge in [0.2, 0.25) is 0 Å². The molecular formula is C101H111N13O15. The highest BCUT2D eigenvalue weighted by Crippen LogP contribution is 2.28. The number of ether oxygens (including phenoxy) is 3. The summed E-state index contributed by atoms with van der Waals surface area (Å²) in [7, 11) is 3.91. The van der Waals surface area contributed by atoms with E-state index in [1.165, 1.54) is 39.5 Å². The molecule has 6 amide bonds. The number of aromatic nitrogens is 2. The van der Waals surface area contributed by atoms with E-state index in [9.17, 15) is 58.5 Å². The van der Waals surface area contributed by atoms with Crippen molar-refractivity contribution in [3.8, 4) is 22.3 Å². The Bertz CT molecular complexity index is 5910. The number of aliphatic hydroxyl groups excluding tert-OH is 3. The molecule has 0 spiro atoms. The Morgan fingerprint density at radius 2 is 0.767 bits per heavy atom. The largest absolute Gasteiger partial charge is 0.469 e. The molecule has 9 aromatic carbocycles. The van der Waals surface area contributed by atoms with Gasteiger partial charge in [0.15, 0.2) is 0 Å². The minimum absolute atomic E-state index is 0.147. The lowest BCUT2D eigenvalue weighted by Crippen LogP contribution is -2.47. The predicted molar refractivity (Wildman–Crippen MR) is 499 cm³/mol. The molecule has 20 N–H and O–H groups in total. The summed E-state index contributed by atoms with van der Waals surface area (Å²) >= 11 is 0. The van der Waals surface area contributed by atoms with Gasteiger partial charge in [-0.15, -0.1) is 0 Å². The van der Waals surface area contributed by atoms with Crippen molar-refractivity contribution < 1.29 is 72.7 Å². The average molecular weight is 1750 g/mol. The standard InChI is InChI=1S/C28H31N3O4.C27H31N3O3.C23H26N4O3.C23H23N3O5/c1-18(30)23-7-3-5-19(13-23)15-25(28(34)35-2)26(17-32)31-27(33)22-11-9-21(10-12-22)24-8-4-6-20(14-24)16-29;1-18(29)23-6-2-4-19(12-23)13-25(16-31)26(17-32)30-27(33)22-10-8-21(9-11-22)24-7-3-5-20(14-24)15-28;1-14(24)18-9-7-8-17(12-18)13-19(23(29)30-4)15(2)26-22(28)21-16(3)25-20-10-5-6-11-27(20)21;1-12(24)15-6-4-5-14(9-15)10-18(23(30)31-3)13(2)25-20(27)16-7-8-17-19(11-16)22(29)26-21(17)28/h3-14,25-26,32H,1,15-17,29-30H2,2H3,(H,31,33);2-12,14,25-26,31-32H,1,13,15-17,28-29H2,(H,30,33);5-12,15,19H,1,13,24H2,2-4H3,(H,26,28);4-9,11,13,18H,1,10,24H2,2-3H3,(H,25,27)(H,26,28,29). The second-order valence-corrected chi connectivity index (χ2v) is 31.1. The van der Waals surface area contributed by atoms with Gasteiger partial charge in [-0.2, -0.15) is 0 Å². The van der Waals surface area contributed by atoms with Crippen molar-refractivity contribution in [1.82, 2.24) is 36.0 Å². The molecule has 11 aromatic rings. The molecular weight excluding hydrogens is 1640 g/mol. The molecule has 0 fully saturated rings. The van der Waals surface area contributed by atoms with Crippen LogP contribution in [0.5, 0.6) is 0 Å². The fraction of sp³-hybridized carbons (Fsp3) is 0.228. The van der Waals surface area contributed by atoms with Crippen LogP contribution < -0.4 is 61.0 Å². The number of fused-ring (bicyclic) bond motifs is 2. The molecule has 129 heavy (non-hydrogen) atoms. The number of benzene rings is 9. The first-order valence-electron chi connectivity index (χ1n) is 41.5. The lowest BCUT2D eigenvalue weighted by atomic mass is 9.91. The van der Waals surface area contributed by atoms with Crippen LogP contribution in [0.15, 0.2) is 263 Å². The number of amides is 6. The number of carbonyl (C=O) groups excluding carboxylic acids is 9. The van der Waals surface area contributed by atoms with E-state index in [4.69, 9.17) is 48.6 Å². The van der Waals surface area contributed by atoms with Crippen LogP contribution in [0.3, 0.4) is 0 Å². The van der Waals surface area contributed by atoms with E-state index >= 15 is 0 Å². The molecule has 12 rings (SSSR count). The molecule has 28 heteroatoms. The maximum Gasteiger partial charge on any atom is 0.311 e. The Hall–Kier alpha value is -14.9. The van der Waals surface area contributed by atoms with Crippen molar-refractivity contribution in [2.24, 2.45) is 58.1 Å². The van der Waals surface area contributed by atoms with Gasteiger partial charge in [-0.05, 0) is 215 Å². The topological polar surface area (TPSA) is 476 Å². The molecule has 0 radical (unpaired) electrons. The first-order chi connectivity index (χ1) is 61.8. The normalized spacial score (nSPS) is 13.0. The van der Waals surface area contributed by atoms with Gasteiger partial charge >= 0.3 is 17.9 Å². The van der Waals surface area contributed by atoms with Crippen LogP contribution in [-0.2, 0) is 67.4 Å². The number of aliphatic hydroxyl groups is 3. The third-order valence-corrected chi connectivity index (χ3v) is 22.0. The summed E-state index contributed by atoms with van der Waals surface area (Å²) < 4.78 is 16.6. The predicted octanol–water partition coefficient (Wildman–Crippen LogP) is 9.92. The summed E-state index contributed by atoms with van der Waals surface area (Å²) in [4.78, 5) is 117. The Balaban J connectivity index is 0.000000194. The lowest BCUT2D eigenvalue weighted by Gasteiger charge is -2.25. The second kappa shape index (κ2) is 46.9. The van der Waals surface area contributed by atoms with E-state index in [1.807, 2.05) is 188 Å². The lowest BCUT2D eigenvalue weighted by molar-refractivity contribution is -0.147. The number of aryl methyl sites for hydroxylation is 1. The van der Waals surface area contributed by atoms with E-state index in [0.29, 0.717) is 83.3 Å². The smallest absolute Gasteiger partial charge is 0.311 e. The van der Waals surface area contributed by atoms with Crippen molar-refractivity contribution in [3.05, 3.63) is 358 Å². The Kier molecular flexibility index (Phi) is 35.5. The van der Waals surface area contributed by atoms with Gasteiger partial charge in [-0.25, -0.2) is 4.98 Å². The number of methoxy groups -OCH3 is 3. The molecule has 0 aliphatic carbocycles. The zero-order valence-electron chi connectivity index (χ0n) is 72.9. The van der Waals surface area contributed by atoms with Gasteiger partial charge in [-0.1, -0.05) is 166 Å². The summed E-state index contributed by atoms with van der Waals surface area (Å²) in [6.45, 7) is 20.3. The average Bonchev–Trinajstić information content (AvgIpc) is 1.67. The van der Waals surface area contributed by atoms with Gasteiger partial charge in [0.05, 0.1) is 81.2 Å². The number of pyridine rings is 1. The SMILES string of the molecule is C=C(N)c1cccc(CC(C(=O)OC)C(C)NC(=O)c2c(C)nc3ccccn23)c1.C=C(N)c1cccc(CC(C(=O)OC)C(C)NC(=O)c2ccc3c(c2)C(=O)NC3=O)c1.C=C(N)c1cccc(CC(C(=O)OC)C(CO)NC(=O)c2ccc(-c3cccc(CN)c3)cc2)c1.C=C(N)c1cccc(CC(CO)C(CO)NC(=O)c2ccc(-c3cccc(CN)c3)cc2)c1. The highest BCUT2D eigenvalue weighted by atomic mass is 16.5. The van der Waals surface area contributed by atoms with Crippen LogP contribution in [0.4, 0.5) is 0 Å². The molecule has 0 saturated heterocycles. The molecule has 8 unspecified atom stereocenters. The maximum absolute atomic E-state index is 13.0. The molecule has 1 aliphatic heterocycles. The summed E-state index contributed by atoms with van der Waals surface area (Å²) in [5.74, 6) is -6.29. The number of carbonyl (C=O) groups is 9. The van der Waals surface area contributed by atoms with Gasteiger partial charge in [0.25, 0.3) is 35.4 Å². The van der Waals surface area contributed by atoms with Crippen molar-refractivity contribution >= 4 is 81.8 Å². The molecule has 1 aliphatic rings. The molecule has 0 bridgehead atoms. The molecule has 3 heterocycles. The van der Waals surface area contributed by atoms with Crippen molar-refractivity contribution in [2.75, 3.05) is 41.2 Å². The first-order valence-corrected chi connectivity index (χ1v) is 41.5. The van der Waals surface area contributed by atoms with Crippen molar-refractivity contribution in [3.63, 3.8) is 0 Å². The highest BCUT2D eigenvalue weighted by molar-refractivity contribution is 6.22. The summed E-state index contributed by atoms with van der Waals surface area (Å²) in [5, 5.41) is 43.5. The van der Waals surface area contributed by atoms with E-state index < -0.39 is 90.1 Å². The van der Waals surface area contributed by atoms with Crippen LogP contribution in [0.25, 0.3) is 50.7 Å². The first kappa shape index (κ1) is 97.9. The third-order valence-electron chi connectivity index (χ3n) is 22.0. The number of nitrogens with one attached hydrogen (secondary N) is 5. The monoisotopic (exact) mass is 1750 g/mol. The van der Waals surface area contributed by atoms with Gasteiger partial charge < -0.3 is 85.2 Å². The van der Waals surface area contributed by atoms with E-state index in [0.717, 1.165) is 77.9 Å². The summed E-state index contributed by atoms with van der Waals surface area (Å²) in [6.07, 6.45) is 3.21. The van der Waals surface area contributed by atoms with Crippen LogP contribution in [0.2, 0.25) is 0 Å². The Labute approximate surface area is 749 Å². The number of rotatable bonds is 34. The van der Waals surface area contributed by atoms with E-state index in [1.54, 1.807) is 55.6 Å². The maximum atomic E-state index is 13.0. The third kappa shape index (κ3) is 26.6. The van der Waals surface area contributed by atoms with Gasteiger partial charge in [0.1, 0.15) is 11.3 Å². The second-order valence-electron chi connectivity index (χ2n) is 31.1. The number of imidazole rings is 1. The molecule has 8 atom stereocenters. The van der Waals surface area contributed by atoms with Crippen LogP contribution >= 0.6 is 0 Å². The highest BCUT2D eigenvalue weighted by Gasteiger charge is 2.35. The number of hydrogen-bond donors (Lipinski definition) is 14. The number of nitrogens with zero attached hydrogens (tertiary/aromatic N) is 2. The van der Waals surface area contributed by atoms with Crippen LogP contribution in [-0.4, -0.2) is 143 Å². The van der Waals surface area contributed by atoms with Crippen molar-refractivity contribution in [1.29, 1.82) is 0 Å². The van der Waals surface area contributed by atoms with E-state index in [-0.39, 0.29) is 54.1 Å². The summed E-state index contributed by atoms with van der Waals surface area (Å²) in [6, 6.07) is 67.2. The fourth-order valence-corrected chi connectivity index (χ4v) is 14.7. The molecule has 670 valence electrons. The number of imide groups is 1. The molecule has 0 saturated carbocycles. The number of esters is 3.